The van der Waals surface area contributed by atoms with E-state index in [4.69, 9.17) is 11.6 Å². The summed E-state index contributed by atoms with van der Waals surface area (Å²) in [6, 6.07) is 4.80. The second-order valence-corrected chi connectivity index (χ2v) is 5.77. The van der Waals surface area contributed by atoms with E-state index in [1.165, 1.54) is 16.8 Å². The monoisotopic (exact) mass is 250 g/mol. The summed E-state index contributed by atoms with van der Waals surface area (Å²) in [6.07, 6.45) is 1.13. The number of halogens is 1. The van der Waals surface area contributed by atoms with Gasteiger partial charge in [-0.15, -0.1) is 0 Å². The van der Waals surface area contributed by atoms with E-state index in [1.54, 1.807) is 0 Å². The molecule has 17 heavy (non-hydrogen) atoms. The zero-order valence-corrected chi connectivity index (χ0v) is 11.2. The first-order valence-corrected chi connectivity index (χ1v) is 6.85. The number of benzene rings is 1. The molecule has 1 unspecified atom stereocenters. The third-order valence-corrected chi connectivity index (χ3v) is 4.26. The number of rotatable bonds is 1. The molecule has 2 aliphatic heterocycles. The van der Waals surface area contributed by atoms with Crippen molar-refractivity contribution in [3.63, 3.8) is 0 Å². The normalized spacial score (nSPS) is 22.8. The van der Waals surface area contributed by atoms with Gasteiger partial charge in [-0.25, -0.2) is 0 Å². The number of hydrogen-bond donors (Lipinski definition) is 1. The molecular formula is C14H19ClN2. The lowest BCUT2D eigenvalue weighted by molar-refractivity contribution is 0.594. The van der Waals surface area contributed by atoms with Gasteiger partial charge in [0.2, 0.25) is 0 Å². The van der Waals surface area contributed by atoms with Gasteiger partial charge in [0, 0.05) is 25.0 Å². The Bertz CT molecular complexity index is 442. The Balaban J connectivity index is 2.16. The van der Waals surface area contributed by atoms with Gasteiger partial charge in [-0.2, -0.15) is 0 Å². The first-order chi connectivity index (χ1) is 8.18. The van der Waals surface area contributed by atoms with Gasteiger partial charge in [0.15, 0.2) is 0 Å². The van der Waals surface area contributed by atoms with E-state index >= 15 is 0 Å². The molecule has 0 fully saturated rings. The average molecular weight is 251 g/mol. The van der Waals surface area contributed by atoms with Crippen LogP contribution in [0.5, 0.6) is 0 Å². The fourth-order valence-corrected chi connectivity index (χ4v) is 3.42. The topological polar surface area (TPSA) is 15.3 Å². The molecule has 1 atom stereocenters. The molecule has 1 aromatic rings. The molecular weight excluding hydrogens is 232 g/mol. The van der Waals surface area contributed by atoms with Gasteiger partial charge in [0.25, 0.3) is 0 Å². The summed E-state index contributed by atoms with van der Waals surface area (Å²) in [5.74, 6) is 0.614. The molecule has 0 saturated heterocycles. The molecule has 0 saturated carbocycles. The van der Waals surface area contributed by atoms with E-state index in [0.717, 1.165) is 31.1 Å². The molecule has 92 valence electrons. The van der Waals surface area contributed by atoms with Crippen LogP contribution in [0.15, 0.2) is 12.1 Å². The third-order valence-electron chi connectivity index (χ3n) is 3.96. The zero-order chi connectivity index (χ0) is 12.0. The fraction of sp³-hybridized carbons (Fsp3) is 0.571. The quantitative estimate of drug-likeness (QED) is 0.825. The lowest BCUT2D eigenvalue weighted by Crippen LogP contribution is -2.32. The van der Waals surface area contributed by atoms with Gasteiger partial charge < -0.3 is 10.2 Å². The minimum atomic E-state index is 0.519. The molecule has 3 heteroatoms. The van der Waals surface area contributed by atoms with Crippen LogP contribution in [0, 0.1) is 0 Å². The van der Waals surface area contributed by atoms with Gasteiger partial charge in [-0.05, 0) is 44.0 Å². The van der Waals surface area contributed by atoms with E-state index in [0.29, 0.717) is 12.0 Å². The molecule has 0 spiro atoms. The van der Waals surface area contributed by atoms with E-state index in [-0.39, 0.29) is 0 Å². The Labute approximate surface area is 108 Å². The van der Waals surface area contributed by atoms with Crippen LogP contribution in [0.25, 0.3) is 0 Å². The Morgan fingerprint density at radius 2 is 2.24 bits per heavy atom. The Morgan fingerprint density at radius 3 is 3.00 bits per heavy atom. The molecule has 2 aliphatic rings. The smallest absolute Gasteiger partial charge is 0.0642 e. The van der Waals surface area contributed by atoms with Crippen LogP contribution < -0.4 is 10.2 Å². The van der Waals surface area contributed by atoms with Crippen molar-refractivity contribution in [3.8, 4) is 0 Å². The predicted molar refractivity (Wildman–Crippen MR) is 73.2 cm³/mol. The zero-order valence-electron chi connectivity index (χ0n) is 10.5. The fourth-order valence-electron chi connectivity index (χ4n) is 3.14. The third kappa shape index (κ3) is 1.74. The number of anilines is 1. The minimum absolute atomic E-state index is 0.519. The van der Waals surface area contributed by atoms with E-state index in [1.807, 2.05) is 0 Å². The Hall–Kier alpha value is -0.730. The van der Waals surface area contributed by atoms with Crippen LogP contribution >= 0.6 is 11.6 Å². The van der Waals surface area contributed by atoms with Crippen LogP contribution in [0.4, 0.5) is 5.69 Å². The molecule has 3 rings (SSSR count). The van der Waals surface area contributed by atoms with Gasteiger partial charge in [0.05, 0.1) is 10.7 Å². The highest BCUT2D eigenvalue weighted by Crippen LogP contribution is 2.44. The van der Waals surface area contributed by atoms with Crippen molar-refractivity contribution in [2.45, 2.75) is 32.2 Å². The predicted octanol–water partition coefficient (Wildman–Crippen LogP) is 2.80. The second kappa shape index (κ2) is 4.18. The largest absolute Gasteiger partial charge is 0.367 e. The van der Waals surface area contributed by atoms with Crippen molar-refractivity contribution in [3.05, 3.63) is 28.3 Å². The lowest BCUT2D eigenvalue weighted by atomic mass is 9.95. The van der Waals surface area contributed by atoms with Gasteiger partial charge in [-0.3, -0.25) is 0 Å². The summed E-state index contributed by atoms with van der Waals surface area (Å²) in [6.45, 7) is 7.77. The van der Waals surface area contributed by atoms with Crippen LogP contribution in [0.1, 0.15) is 30.9 Å². The van der Waals surface area contributed by atoms with Gasteiger partial charge in [0.1, 0.15) is 0 Å². The molecule has 0 aliphatic carbocycles. The molecule has 0 aromatic heterocycles. The molecule has 1 aromatic carbocycles. The lowest BCUT2D eigenvalue weighted by Gasteiger charge is -2.25. The van der Waals surface area contributed by atoms with Gasteiger partial charge in [-0.1, -0.05) is 17.7 Å². The highest BCUT2D eigenvalue weighted by molar-refractivity contribution is 6.33. The first kappa shape index (κ1) is 11.4. The van der Waals surface area contributed by atoms with Crippen LogP contribution in [0.3, 0.4) is 0 Å². The highest BCUT2D eigenvalue weighted by atomic mass is 35.5. The highest BCUT2D eigenvalue weighted by Gasteiger charge is 2.34. The summed E-state index contributed by atoms with van der Waals surface area (Å²) >= 11 is 6.42. The number of nitrogens with zero attached hydrogens (tertiary/aromatic N) is 1. The summed E-state index contributed by atoms with van der Waals surface area (Å²) in [7, 11) is 0. The Kier molecular flexibility index (Phi) is 2.80. The van der Waals surface area contributed by atoms with Crippen molar-refractivity contribution in [1.29, 1.82) is 0 Å². The summed E-state index contributed by atoms with van der Waals surface area (Å²) in [4.78, 5) is 2.46. The maximum atomic E-state index is 6.42. The first-order valence-electron chi connectivity index (χ1n) is 6.47. The van der Waals surface area contributed by atoms with Crippen molar-refractivity contribution in [1.82, 2.24) is 5.32 Å². The molecule has 1 N–H and O–H groups in total. The Morgan fingerprint density at radius 1 is 1.41 bits per heavy atom. The molecule has 2 heterocycles. The summed E-state index contributed by atoms with van der Waals surface area (Å²) in [5.41, 5.74) is 4.30. The standard InChI is InChI=1S/C14H19ClN2/c1-9(2)17-8-11-7-16-6-5-10-3-4-12(15)14(17)13(10)11/h3-4,9,11,16H,5-8H2,1-2H3. The molecule has 0 bridgehead atoms. The van der Waals surface area contributed by atoms with E-state index in [9.17, 15) is 0 Å². The number of nitrogens with one attached hydrogen (secondary N) is 1. The van der Waals surface area contributed by atoms with Crippen LogP contribution in [-0.2, 0) is 6.42 Å². The van der Waals surface area contributed by atoms with Crippen molar-refractivity contribution >= 4 is 17.3 Å². The van der Waals surface area contributed by atoms with Crippen molar-refractivity contribution < 1.29 is 0 Å². The minimum Gasteiger partial charge on any atom is -0.367 e. The van der Waals surface area contributed by atoms with Crippen molar-refractivity contribution in [2.75, 3.05) is 24.5 Å². The maximum absolute atomic E-state index is 6.42. The maximum Gasteiger partial charge on any atom is 0.0642 e. The van der Waals surface area contributed by atoms with Crippen molar-refractivity contribution in [2.24, 2.45) is 0 Å². The second-order valence-electron chi connectivity index (χ2n) is 5.37. The van der Waals surface area contributed by atoms with E-state index in [2.05, 4.69) is 36.2 Å². The molecule has 0 radical (unpaired) electrons. The molecule has 2 nitrogen and oxygen atoms in total. The summed E-state index contributed by atoms with van der Waals surface area (Å²) < 4.78 is 0. The van der Waals surface area contributed by atoms with Crippen LogP contribution in [0.2, 0.25) is 5.02 Å². The van der Waals surface area contributed by atoms with Crippen LogP contribution in [-0.4, -0.2) is 25.7 Å². The average Bonchev–Trinajstić information content (AvgIpc) is 2.57. The number of hydrogen-bond acceptors (Lipinski definition) is 2. The van der Waals surface area contributed by atoms with E-state index < -0.39 is 0 Å². The molecule has 0 amide bonds. The van der Waals surface area contributed by atoms with Gasteiger partial charge >= 0.3 is 0 Å². The summed E-state index contributed by atoms with van der Waals surface area (Å²) in [5, 5.41) is 4.46. The SMILES string of the molecule is CC(C)N1CC2CNCCc3ccc(Cl)c1c32.